The third kappa shape index (κ3) is 3.08. The van der Waals surface area contributed by atoms with Crippen LogP contribution in [0.1, 0.15) is 34.1 Å². The van der Waals surface area contributed by atoms with Crippen molar-refractivity contribution >= 4 is 11.9 Å². The highest BCUT2D eigenvalue weighted by Gasteiger charge is 2.55. The summed E-state index contributed by atoms with van der Waals surface area (Å²) in [4.78, 5) is 26.0. The first-order chi connectivity index (χ1) is 15.5. The van der Waals surface area contributed by atoms with E-state index in [4.69, 9.17) is 14.2 Å². The Labute approximate surface area is 186 Å². The van der Waals surface area contributed by atoms with Crippen molar-refractivity contribution in [1.82, 2.24) is 5.32 Å². The molecule has 4 atom stereocenters. The second-order valence-corrected chi connectivity index (χ2v) is 8.42. The Morgan fingerprint density at radius 2 is 1.50 bits per heavy atom. The van der Waals surface area contributed by atoms with Gasteiger partial charge in [0.2, 0.25) is 11.7 Å². The fourth-order valence-corrected chi connectivity index (χ4v) is 5.53. The van der Waals surface area contributed by atoms with Gasteiger partial charge in [0.1, 0.15) is 0 Å². The van der Waals surface area contributed by atoms with E-state index in [-0.39, 0.29) is 24.3 Å². The molecule has 0 spiro atoms. The lowest BCUT2D eigenvalue weighted by Gasteiger charge is -2.48. The summed E-state index contributed by atoms with van der Waals surface area (Å²) in [5.74, 6) is -4.78. The standard InChI is InChI=1S/C25H25NO6/c1-30-18-11-12-25(31-2,32-18)13-26-23(27)21-19-14-7-3-5-9-16(14)20(22(21)24(28)29)17-10-6-4-8-15(17)19/h3-12,18-22H,13H2,1-2H3,(H,26,27)(H,28,29)/t18-,19?,20?,21+,22-,25-/m0/s1. The summed E-state index contributed by atoms with van der Waals surface area (Å²) < 4.78 is 16.4. The number of rotatable bonds is 6. The van der Waals surface area contributed by atoms with E-state index in [0.29, 0.717) is 0 Å². The number of hydrogen-bond donors (Lipinski definition) is 2. The number of ether oxygens (including phenoxy) is 3. The predicted molar refractivity (Wildman–Crippen MR) is 115 cm³/mol. The highest BCUT2D eigenvalue weighted by atomic mass is 16.8. The molecule has 4 aliphatic rings. The maximum Gasteiger partial charge on any atom is 0.308 e. The summed E-state index contributed by atoms with van der Waals surface area (Å²) in [6.07, 6.45) is 2.85. The zero-order valence-corrected chi connectivity index (χ0v) is 17.9. The minimum absolute atomic E-state index is 0.0439. The molecule has 1 heterocycles. The van der Waals surface area contributed by atoms with Crippen LogP contribution in [0.15, 0.2) is 60.7 Å². The van der Waals surface area contributed by atoms with Crippen LogP contribution in [0.25, 0.3) is 0 Å². The van der Waals surface area contributed by atoms with E-state index in [9.17, 15) is 14.7 Å². The Kier molecular flexibility index (Phi) is 5.12. The number of nitrogens with one attached hydrogen (secondary N) is 1. The Morgan fingerprint density at radius 1 is 0.969 bits per heavy atom. The highest BCUT2D eigenvalue weighted by Crippen LogP contribution is 2.58. The van der Waals surface area contributed by atoms with Gasteiger partial charge >= 0.3 is 5.97 Å². The third-order valence-corrected chi connectivity index (χ3v) is 6.94. The lowest BCUT2D eigenvalue weighted by atomic mass is 9.54. The van der Waals surface area contributed by atoms with E-state index in [1.54, 1.807) is 12.2 Å². The Hall–Kier alpha value is -3.00. The van der Waals surface area contributed by atoms with Gasteiger partial charge in [-0.05, 0) is 34.4 Å². The molecule has 1 amide bonds. The SMILES string of the molecule is CO[C@@H]1C=C[C@](CNC(=O)[C@@H]2C3c4ccccc4C(c4ccccc43)[C@@H]2C(=O)O)(OC)O1. The molecule has 0 saturated heterocycles. The number of benzene rings is 2. The van der Waals surface area contributed by atoms with Crippen LogP contribution in [0.3, 0.4) is 0 Å². The summed E-state index contributed by atoms with van der Waals surface area (Å²) in [5, 5.41) is 13.1. The molecule has 6 rings (SSSR count). The molecule has 0 fully saturated rings. The van der Waals surface area contributed by atoms with Gasteiger partial charge in [0, 0.05) is 26.1 Å². The van der Waals surface area contributed by atoms with E-state index in [1.165, 1.54) is 14.2 Å². The van der Waals surface area contributed by atoms with E-state index >= 15 is 0 Å². The molecule has 0 aromatic heterocycles. The van der Waals surface area contributed by atoms with Gasteiger partial charge in [-0.2, -0.15) is 0 Å². The lowest BCUT2D eigenvalue weighted by molar-refractivity contribution is -0.239. The Balaban J connectivity index is 1.50. The van der Waals surface area contributed by atoms with E-state index in [1.807, 2.05) is 48.5 Å². The van der Waals surface area contributed by atoms with Gasteiger partial charge in [-0.15, -0.1) is 0 Å². The van der Waals surface area contributed by atoms with Crippen LogP contribution in [0, 0.1) is 11.8 Å². The summed E-state index contributed by atoms with van der Waals surface area (Å²) in [6, 6.07) is 15.7. The van der Waals surface area contributed by atoms with Crippen LogP contribution in [-0.2, 0) is 23.8 Å². The van der Waals surface area contributed by atoms with Crippen molar-refractivity contribution in [3.05, 3.63) is 82.9 Å². The first kappa shape index (κ1) is 20.9. The lowest BCUT2D eigenvalue weighted by Crippen LogP contribution is -2.53. The summed E-state index contributed by atoms with van der Waals surface area (Å²) in [7, 11) is 3.01. The van der Waals surface area contributed by atoms with Gasteiger partial charge in [-0.25, -0.2) is 0 Å². The molecule has 2 aromatic rings. The van der Waals surface area contributed by atoms with Crippen molar-refractivity contribution in [3.63, 3.8) is 0 Å². The normalized spacial score (nSPS) is 31.8. The predicted octanol–water partition coefficient (Wildman–Crippen LogP) is 2.61. The Morgan fingerprint density at radius 3 is 1.94 bits per heavy atom. The summed E-state index contributed by atoms with van der Waals surface area (Å²) in [6.45, 7) is 0.0439. The van der Waals surface area contributed by atoms with Crippen LogP contribution in [0.2, 0.25) is 0 Å². The number of carbonyl (C=O) groups excluding carboxylic acids is 1. The average molecular weight is 435 g/mol. The van der Waals surface area contributed by atoms with Gasteiger partial charge in [0.25, 0.3) is 0 Å². The smallest absolute Gasteiger partial charge is 0.308 e. The van der Waals surface area contributed by atoms with E-state index in [0.717, 1.165) is 22.3 Å². The number of methoxy groups -OCH3 is 2. The zero-order chi connectivity index (χ0) is 22.5. The zero-order valence-electron chi connectivity index (χ0n) is 17.9. The number of fused-ring (bicyclic) bond motifs is 1. The van der Waals surface area contributed by atoms with Crippen molar-refractivity contribution in [2.24, 2.45) is 11.8 Å². The fourth-order valence-electron chi connectivity index (χ4n) is 5.53. The molecule has 0 radical (unpaired) electrons. The average Bonchev–Trinajstić information content (AvgIpc) is 3.26. The van der Waals surface area contributed by atoms with Gasteiger partial charge in [-0.3, -0.25) is 9.59 Å². The molecule has 166 valence electrons. The monoisotopic (exact) mass is 435 g/mol. The van der Waals surface area contributed by atoms with Crippen LogP contribution >= 0.6 is 0 Å². The number of hydrogen-bond acceptors (Lipinski definition) is 5. The van der Waals surface area contributed by atoms with Crippen LogP contribution in [-0.4, -0.2) is 49.8 Å². The largest absolute Gasteiger partial charge is 0.481 e. The molecule has 7 nitrogen and oxygen atoms in total. The number of aliphatic carboxylic acids is 1. The number of carboxylic acid groups (broad SMARTS) is 1. The minimum atomic E-state index is -1.15. The molecule has 2 bridgehead atoms. The van der Waals surface area contributed by atoms with Crippen molar-refractivity contribution in [1.29, 1.82) is 0 Å². The number of carbonyl (C=O) groups is 2. The maximum absolute atomic E-state index is 13.5. The molecule has 1 aliphatic heterocycles. The topological polar surface area (TPSA) is 94.1 Å². The maximum atomic E-state index is 13.5. The number of amides is 1. The fraction of sp³-hybridized carbons (Fsp3) is 0.360. The van der Waals surface area contributed by atoms with E-state index in [2.05, 4.69) is 5.32 Å². The molecular formula is C25H25NO6. The molecule has 2 N–H and O–H groups in total. The minimum Gasteiger partial charge on any atom is -0.481 e. The summed E-state index contributed by atoms with van der Waals surface area (Å²) in [5.41, 5.74) is 4.02. The molecule has 0 unspecified atom stereocenters. The molecule has 3 aliphatic carbocycles. The van der Waals surface area contributed by atoms with Gasteiger partial charge in [0.15, 0.2) is 6.29 Å². The quantitative estimate of drug-likeness (QED) is 0.678. The van der Waals surface area contributed by atoms with Gasteiger partial charge in [0.05, 0.1) is 18.4 Å². The molecule has 7 heteroatoms. The first-order valence-corrected chi connectivity index (χ1v) is 10.6. The van der Waals surface area contributed by atoms with E-state index < -0.39 is 29.9 Å². The van der Waals surface area contributed by atoms with Crippen molar-refractivity contribution < 1.29 is 28.9 Å². The van der Waals surface area contributed by atoms with Crippen molar-refractivity contribution in [2.45, 2.75) is 23.9 Å². The summed E-state index contributed by atoms with van der Waals surface area (Å²) >= 11 is 0. The van der Waals surface area contributed by atoms with Crippen LogP contribution in [0.5, 0.6) is 0 Å². The van der Waals surface area contributed by atoms with Crippen molar-refractivity contribution in [2.75, 3.05) is 20.8 Å². The molecule has 2 aromatic carbocycles. The molecular weight excluding hydrogens is 410 g/mol. The third-order valence-electron chi connectivity index (χ3n) is 6.94. The van der Waals surface area contributed by atoms with Gasteiger partial charge < -0.3 is 24.6 Å². The first-order valence-electron chi connectivity index (χ1n) is 10.6. The highest BCUT2D eigenvalue weighted by molar-refractivity contribution is 5.89. The van der Waals surface area contributed by atoms with Crippen LogP contribution in [0.4, 0.5) is 0 Å². The Bertz CT molecular complexity index is 1050. The molecule has 0 saturated carbocycles. The second-order valence-electron chi connectivity index (χ2n) is 8.42. The second kappa shape index (κ2) is 7.85. The molecule has 32 heavy (non-hydrogen) atoms. The van der Waals surface area contributed by atoms with Gasteiger partial charge in [-0.1, -0.05) is 48.5 Å². The van der Waals surface area contributed by atoms with Crippen molar-refractivity contribution in [3.8, 4) is 0 Å². The number of carboxylic acids is 1. The van der Waals surface area contributed by atoms with Crippen LogP contribution < -0.4 is 5.32 Å².